The van der Waals surface area contributed by atoms with Crippen molar-refractivity contribution >= 4 is 40.5 Å². The van der Waals surface area contributed by atoms with Crippen molar-refractivity contribution in [1.29, 1.82) is 0 Å². The number of anilines is 2. The summed E-state index contributed by atoms with van der Waals surface area (Å²) >= 11 is 11.8. The predicted octanol–water partition coefficient (Wildman–Crippen LogP) is 4.57. The Hall–Kier alpha value is -1.78. The maximum atomic E-state index is 12.7. The number of carbonyl (C=O) groups is 1. The molecule has 0 radical (unpaired) electrons. The van der Waals surface area contributed by atoms with Crippen molar-refractivity contribution in [2.24, 2.45) is 0 Å². The Labute approximate surface area is 132 Å². The molecule has 0 saturated carbocycles. The summed E-state index contributed by atoms with van der Waals surface area (Å²) in [5, 5.41) is 6.80. The van der Waals surface area contributed by atoms with E-state index in [-0.39, 0.29) is 18.1 Å². The van der Waals surface area contributed by atoms with Gasteiger partial charge in [-0.2, -0.15) is 0 Å². The van der Waals surface area contributed by atoms with E-state index in [9.17, 15) is 9.18 Å². The normalized spacial score (nSPS) is 10.2. The quantitative estimate of drug-likeness (QED) is 0.844. The Balaban J connectivity index is 1.80. The summed E-state index contributed by atoms with van der Waals surface area (Å²) in [6.07, 6.45) is 0.265. The topological polar surface area (TPSA) is 41.1 Å². The smallest absolute Gasteiger partial charge is 0.226 e. The SMILES string of the molecule is O=C(CCNc1cc(Cl)cc(Cl)c1)Nc1ccc(F)cc1. The van der Waals surface area contributed by atoms with E-state index >= 15 is 0 Å². The van der Waals surface area contributed by atoms with E-state index in [0.29, 0.717) is 22.3 Å². The summed E-state index contributed by atoms with van der Waals surface area (Å²) < 4.78 is 12.7. The second-order valence-corrected chi connectivity index (χ2v) is 5.26. The molecule has 1 amide bonds. The molecule has 2 N–H and O–H groups in total. The third-order valence-corrected chi connectivity index (χ3v) is 3.11. The van der Waals surface area contributed by atoms with Crippen LogP contribution in [0.25, 0.3) is 0 Å². The highest BCUT2D eigenvalue weighted by molar-refractivity contribution is 6.35. The van der Waals surface area contributed by atoms with Gasteiger partial charge >= 0.3 is 0 Å². The summed E-state index contributed by atoms with van der Waals surface area (Å²) in [6, 6.07) is 10.7. The Morgan fingerprint density at radius 2 is 1.62 bits per heavy atom. The third kappa shape index (κ3) is 5.25. The summed E-state index contributed by atoms with van der Waals surface area (Å²) in [4.78, 5) is 11.7. The fraction of sp³-hybridized carbons (Fsp3) is 0.133. The van der Waals surface area contributed by atoms with Crippen molar-refractivity contribution in [1.82, 2.24) is 0 Å². The lowest BCUT2D eigenvalue weighted by Gasteiger charge is -2.08. The van der Waals surface area contributed by atoms with Gasteiger partial charge in [0.05, 0.1) is 0 Å². The molecule has 2 aromatic rings. The Kier molecular flexibility index (Phi) is 5.42. The van der Waals surface area contributed by atoms with Crippen LogP contribution in [0.5, 0.6) is 0 Å². The van der Waals surface area contributed by atoms with Gasteiger partial charge in [-0.05, 0) is 42.5 Å². The van der Waals surface area contributed by atoms with Gasteiger partial charge in [0, 0.05) is 34.4 Å². The highest BCUT2D eigenvalue weighted by Gasteiger charge is 2.03. The van der Waals surface area contributed by atoms with Crippen molar-refractivity contribution in [2.45, 2.75) is 6.42 Å². The summed E-state index contributed by atoms with van der Waals surface area (Å²) in [5.41, 5.74) is 1.31. The van der Waals surface area contributed by atoms with E-state index in [4.69, 9.17) is 23.2 Å². The molecule has 2 rings (SSSR count). The van der Waals surface area contributed by atoms with Crippen LogP contribution in [0.4, 0.5) is 15.8 Å². The predicted molar refractivity (Wildman–Crippen MR) is 84.6 cm³/mol. The lowest BCUT2D eigenvalue weighted by molar-refractivity contribution is -0.115. The second-order valence-electron chi connectivity index (χ2n) is 4.39. The number of hydrogen-bond acceptors (Lipinski definition) is 2. The van der Waals surface area contributed by atoms with Gasteiger partial charge in [-0.3, -0.25) is 4.79 Å². The second kappa shape index (κ2) is 7.29. The molecule has 0 atom stereocenters. The molecule has 0 spiro atoms. The van der Waals surface area contributed by atoms with E-state index in [1.165, 1.54) is 24.3 Å². The molecule has 0 fully saturated rings. The van der Waals surface area contributed by atoms with E-state index in [1.807, 2.05) is 0 Å². The molecule has 0 aliphatic carbocycles. The fourth-order valence-corrected chi connectivity index (χ4v) is 2.26. The zero-order valence-electron chi connectivity index (χ0n) is 11.0. The zero-order valence-corrected chi connectivity index (χ0v) is 12.5. The maximum absolute atomic E-state index is 12.7. The van der Waals surface area contributed by atoms with Crippen molar-refractivity contribution in [3.8, 4) is 0 Å². The number of amides is 1. The van der Waals surface area contributed by atoms with Crippen molar-refractivity contribution in [3.63, 3.8) is 0 Å². The number of carbonyl (C=O) groups excluding carboxylic acids is 1. The largest absolute Gasteiger partial charge is 0.384 e. The molecule has 6 heteroatoms. The Morgan fingerprint density at radius 3 is 2.24 bits per heavy atom. The lowest BCUT2D eigenvalue weighted by Crippen LogP contribution is -2.16. The fourth-order valence-electron chi connectivity index (χ4n) is 1.73. The minimum Gasteiger partial charge on any atom is -0.384 e. The molecule has 0 bridgehead atoms. The van der Waals surface area contributed by atoms with Crippen molar-refractivity contribution in [2.75, 3.05) is 17.2 Å². The first kappa shape index (κ1) is 15.6. The standard InChI is InChI=1S/C15H13Cl2FN2O/c16-10-7-11(17)9-14(8-10)19-6-5-15(21)20-13-3-1-12(18)2-4-13/h1-4,7-9,19H,5-6H2,(H,20,21). The van der Waals surface area contributed by atoms with Crippen LogP contribution in [0.15, 0.2) is 42.5 Å². The van der Waals surface area contributed by atoms with Crippen LogP contribution in [0, 0.1) is 5.82 Å². The van der Waals surface area contributed by atoms with Crippen LogP contribution in [-0.2, 0) is 4.79 Å². The minimum absolute atomic E-state index is 0.165. The number of nitrogens with one attached hydrogen (secondary N) is 2. The van der Waals surface area contributed by atoms with Crippen LogP contribution in [0.3, 0.4) is 0 Å². The first-order valence-electron chi connectivity index (χ1n) is 6.28. The van der Waals surface area contributed by atoms with Crippen LogP contribution in [0.1, 0.15) is 6.42 Å². The third-order valence-electron chi connectivity index (χ3n) is 2.67. The molecular formula is C15H13Cl2FN2O. The summed E-state index contributed by atoms with van der Waals surface area (Å²) in [6.45, 7) is 0.434. The van der Waals surface area contributed by atoms with Crippen molar-refractivity contribution in [3.05, 3.63) is 58.3 Å². The lowest BCUT2D eigenvalue weighted by atomic mass is 10.3. The van der Waals surface area contributed by atoms with Crippen LogP contribution in [0.2, 0.25) is 10.0 Å². The molecular weight excluding hydrogens is 314 g/mol. The number of hydrogen-bond donors (Lipinski definition) is 2. The first-order chi connectivity index (χ1) is 10.0. The highest BCUT2D eigenvalue weighted by Crippen LogP contribution is 2.22. The van der Waals surface area contributed by atoms with Gasteiger partial charge in [0.2, 0.25) is 5.91 Å². The summed E-state index contributed by atoms with van der Waals surface area (Å²) in [5.74, 6) is -0.505. The van der Waals surface area contributed by atoms with Gasteiger partial charge in [0.15, 0.2) is 0 Å². The Bertz CT molecular complexity index is 612. The monoisotopic (exact) mass is 326 g/mol. The minimum atomic E-state index is -0.340. The Morgan fingerprint density at radius 1 is 1.00 bits per heavy atom. The van der Waals surface area contributed by atoms with E-state index < -0.39 is 0 Å². The number of rotatable bonds is 5. The zero-order chi connectivity index (χ0) is 15.2. The highest BCUT2D eigenvalue weighted by atomic mass is 35.5. The molecule has 110 valence electrons. The molecule has 3 nitrogen and oxygen atoms in total. The van der Waals surface area contributed by atoms with E-state index in [1.54, 1.807) is 18.2 Å². The van der Waals surface area contributed by atoms with Gasteiger partial charge in [-0.15, -0.1) is 0 Å². The molecule has 0 unspecified atom stereocenters. The molecule has 21 heavy (non-hydrogen) atoms. The summed E-state index contributed by atoms with van der Waals surface area (Å²) in [7, 11) is 0. The van der Waals surface area contributed by atoms with Crippen molar-refractivity contribution < 1.29 is 9.18 Å². The molecule has 0 saturated heterocycles. The van der Waals surface area contributed by atoms with Crippen LogP contribution >= 0.6 is 23.2 Å². The molecule has 0 aliphatic heterocycles. The van der Waals surface area contributed by atoms with E-state index in [0.717, 1.165) is 5.69 Å². The van der Waals surface area contributed by atoms with Gasteiger partial charge < -0.3 is 10.6 Å². The van der Waals surface area contributed by atoms with Crippen LogP contribution in [-0.4, -0.2) is 12.5 Å². The number of benzene rings is 2. The molecule has 0 aromatic heterocycles. The average Bonchev–Trinajstić information content (AvgIpc) is 2.40. The molecule has 0 aliphatic rings. The average molecular weight is 327 g/mol. The van der Waals surface area contributed by atoms with Gasteiger partial charge in [-0.25, -0.2) is 4.39 Å². The number of halogens is 3. The first-order valence-corrected chi connectivity index (χ1v) is 7.04. The van der Waals surface area contributed by atoms with Crippen LogP contribution < -0.4 is 10.6 Å². The van der Waals surface area contributed by atoms with Gasteiger partial charge in [0.25, 0.3) is 0 Å². The van der Waals surface area contributed by atoms with Gasteiger partial charge in [-0.1, -0.05) is 23.2 Å². The van der Waals surface area contributed by atoms with E-state index in [2.05, 4.69) is 10.6 Å². The molecule has 2 aromatic carbocycles. The maximum Gasteiger partial charge on any atom is 0.226 e. The molecule has 0 heterocycles. The van der Waals surface area contributed by atoms with Gasteiger partial charge in [0.1, 0.15) is 5.82 Å².